The van der Waals surface area contributed by atoms with Crippen LogP contribution >= 0.6 is 15.9 Å². The fourth-order valence-electron chi connectivity index (χ4n) is 3.85. The Hall–Kier alpha value is -2.84. The number of halogens is 4. The van der Waals surface area contributed by atoms with E-state index in [1.807, 2.05) is 11.0 Å². The molecule has 0 radical (unpaired) electrons. The second-order valence-electron chi connectivity index (χ2n) is 8.33. The zero-order valence-corrected chi connectivity index (χ0v) is 22.0. The molecular formula is C23H26BrF3N4O5S. The van der Waals surface area contributed by atoms with Gasteiger partial charge in [0.15, 0.2) is 0 Å². The molecule has 0 atom stereocenters. The highest BCUT2D eigenvalue weighted by Crippen LogP contribution is 2.31. The topological polar surface area (TPSA) is 119 Å². The molecule has 0 spiro atoms. The summed E-state index contributed by atoms with van der Waals surface area (Å²) in [6.07, 6.45) is -3.07. The lowest BCUT2D eigenvalue weighted by Crippen LogP contribution is -2.43. The van der Waals surface area contributed by atoms with E-state index in [1.54, 1.807) is 36.4 Å². The van der Waals surface area contributed by atoms with Crippen molar-refractivity contribution in [2.24, 2.45) is 0 Å². The third-order valence-electron chi connectivity index (χ3n) is 5.71. The molecule has 2 fully saturated rings. The van der Waals surface area contributed by atoms with Crippen molar-refractivity contribution in [2.75, 3.05) is 48.9 Å². The van der Waals surface area contributed by atoms with Crippen molar-refractivity contribution in [1.29, 1.82) is 0 Å². The average Bonchev–Trinajstić information content (AvgIpc) is 3.39. The maximum absolute atomic E-state index is 13.0. The van der Waals surface area contributed by atoms with E-state index < -0.39 is 22.2 Å². The number of amides is 1. The van der Waals surface area contributed by atoms with Crippen LogP contribution in [0.1, 0.15) is 23.2 Å². The van der Waals surface area contributed by atoms with Gasteiger partial charge in [-0.3, -0.25) is 9.52 Å². The van der Waals surface area contributed by atoms with Crippen LogP contribution in [0.5, 0.6) is 0 Å². The largest absolute Gasteiger partial charge is 0.490 e. The molecule has 0 bridgehead atoms. The molecule has 0 saturated carbocycles. The minimum atomic E-state index is -5.08. The summed E-state index contributed by atoms with van der Waals surface area (Å²) < 4.78 is 61.3. The molecule has 2 aromatic rings. The minimum absolute atomic E-state index is 0.0524. The van der Waals surface area contributed by atoms with Crippen LogP contribution in [0.3, 0.4) is 0 Å². The molecule has 2 saturated heterocycles. The molecule has 4 rings (SSSR count). The highest BCUT2D eigenvalue weighted by atomic mass is 79.9. The number of nitrogens with one attached hydrogen (secondary N) is 2. The Balaban J connectivity index is 0.000000479. The minimum Gasteiger partial charge on any atom is -0.475 e. The maximum atomic E-state index is 13.0. The van der Waals surface area contributed by atoms with Gasteiger partial charge >= 0.3 is 12.1 Å². The molecule has 2 aromatic carbocycles. The van der Waals surface area contributed by atoms with E-state index in [4.69, 9.17) is 9.90 Å². The summed E-state index contributed by atoms with van der Waals surface area (Å²) in [5, 5.41) is 10.4. The molecule has 1 amide bonds. The second kappa shape index (κ2) is 12.1. The summed E-state index contributed by atoms with van der Waals surface area (Å²) in [6, 6.07) is 11.8. The van der Waals surface area contributed by atoms with Gasteiger partial charge < -0.3 is 20.2 Å². The Morgan fingerprint density at radius 2 is 1.54 bits per heavy atom. The van der Waals surface area contributed by atoms with E-state index >= 15 is 0 Å². The highest BCUT2D eigenvalue weighted by Gasteiger charge is 2.38. The van der Waals surface area contributed by atoms with Crippen LogP contribution in [-0.2, 0) is 14.8 Å². The molecule has 2 aliphatic rings. The number of anilines is 2. The van der Waals surface area contributed by atoms with Crippen LogP contribution in [0, 0.1) is 0 Å². The fraction of sp³-hybridized carbons (Fsp3) is 0.391. The van der Waals surface area contributed by atoms with Gasteiger partial charge in [-0.2, -0.15) is 13.2 Å². The molecular weight excluding hydrogens is 581 g/mol. The second-order valence-corrected chi connectivity index (χ2v) is 10.9. The lowest BCUT2D eigenvalue weighted by Gasteiger charge is -2.31. The Bertz CT molecular complexity index is 1210. The quantitative estimate of drug-likeness (QED) is 0.476. The SMILES string of the molecule is O=C(O)C(F)(F)F.O=C(c1ccc(N2CCNCC2)c(NS(=O)(=O)c2ccc(Br)cc2)c1)N1CCCC1. The molecule has 9 nitrogen and oxygen atoms in total. The Morgan fingerprint density at radius 3 is 2.08 bits per heavy atom. The van der Waals surface area contributed by atoms with Crippen LogP contribution in [-0.4, -0.2) is 75.7 Å². The van der Waals surface area contributed by atoms with Gasteiger partial charge in [0.2, 0.25) is 0 Å². The molecule has 3 N–H and O–H groups in total. The van der Waals surface area contributed by atoms with E-state index in [-0.39, 0.29) is 10.8 Å². The molecule has 14 heteroatoms. The van der Waals surface area contributed by atoms with Crippen LogP contribution in [0.15, 0.2) is 51.8 Å². The normalized spacial score (nSPS) is 16.1. The number of sulfonamides is 1. The van der Waals surface area contributed by atoms with Crippen molar-refractivity contribution in [2.45, 2.75) is 23.9 Å². The van der Waals surface area contributed by atoms with Gasteiger partial charge in [0.05, 0.1) is 16.3 Å². The number of hydrogen-bond donors (Lipinski definition) is 3. The first kappa shape index (κ1) is 28.7. The number of hydrogen-bond acceptors (Lipinski definition) is 6. The number of benzene rings is 2. The number of carbonyl (C=O) groups is 2. The number of likely N-dealkylation sites (tertiary alicyclic amines) is 1. The van der Waals surface area contributed by atoms with E-state index in [0.29, 0.717) is 11.3 Å². The van der Waals surface area contributed by atoms with Gasteiger partial charge in [-0.05, 0) is 55.3 Å². The van der Waals surface area contributed by atoms with Gasteiger partial charge in [-0.1, -0.05) is 15.9 Å². The Morgan fingerprint density at radius 1 is 0.973 bits per heavy atom. The van der Waals surface area contributed by atoms with Crippen molar-refractivity contribution in [1.82, 2.24) is 10.2 Å². The van der Waals surface area contributed by atoms with Gasteiger partial charge in [0, 0.05) is 49.3 Å². The maximum Gasteiger partial charge on any atom is 0.490 e. The predicted octanol–water partition coefficient (Wildman–Crippen LogP) is 3.53. The summed E-state index contributed by atoms with van der Waals surface area (Å²) in [6.45, 7) is 4.69. The van der Waals surface area contributed by atoms with E-state index in [9.17, 15) is 26.4 Å². The van der Waals surface area contributed by atoms with Gasteiger partial charge in [0.1, 0.15) is 0 Å². The number of carboxylic acid groups (broad SMARTS) is 1. The number of nitrogens with zero attached hydrogens (tertiary/aromatic N) is 2. The van der Waals surface area contributed by atoms with Crippen molar-refractivity contribution in [3.05, 3.63) is 52.5 Å². The first-order valence-electron chi connectivity index (χ1n) is 11.4. The van der Waals surface area contributed by atoms with Crippen LogP contribution in [0.4, 0.5) is 24.5 Å². The molecule has 0 aromatic heterocycles. The van der Waals surface area contributed by atoms with Gasteiger partial charge in [-0.15, -0.1) is 0 Å². The summed E-state index contributed by atoms with van der Waals surface area (Å²) >= 11 is 3.33. The first-order valence-corrected chi connectivity index (χ1v) is 13.6. The third kappa shape index (κ3) is 7.82. The number of aliphatic carboxylic acids is 1. The van der Waals surface area contributed by atoms with Crippen molar-refractivity contribution >= 4 is 49.2 Å². The van der Waals surface area contributed by atoms with Crippen LogP contribution < -0.4 is 14.9 Å². The Labute approximate surface area is 220 Å². The monoisotopic (exact) mass is 606 g/mol. The molecule has 37 heavy (non-hydrogen) atoms. The van der Waals surface area contributed by atoms with Crippen LogP contribution in [0.2, 0.25) is 0 Å². The smallest absolute Gasteiger partial charge is 0.475 e. The highest BCUT2D eigenvalue weighted by molar-refractivity contribution is 9.10. The Kier molecular flexibility index (Phi) is 9.42. The number of alkyl halides is 3. The molecule has 0 aliphatic carbocycles. The van der Waals surface area contributed by atoms with Gasteiger partial charge in [0.25, 0.3) is 15.9 Å². The summed E-state index contributed by atoms with van der Waals surface area (Å²) in [4.78, 5) is 25.9. The zero-order chi connectivity index (χ0) is 27.2. The van der Waals surface area contributed by atoms with E-state index in [2.05, 4.69) is 30.9 Å². The number of carbonyl (C=O) groups excluding carboxylic acids is 1. The molecule has 2 heterocycles. The lowest BCUT2D eigenvalue weighted by atomic mass is 10.1. The van der Waals surface area contributed by atoms with E-state index in [0.717, 1.165) is 62.3 Å². The number of piperazine rings is 1. The number of carboxylic acids is 1. The predicted molar refractivity (Wildman–Crippen MR) is 135 cm³/mol. The third-order valence-corrected chi connectivity index (χ3v) is 7.62. The molecule has 2 aliphatic heterocycles. The summed E-state index contributed by atoms with van der Waals surface area (Å²) in [5.74, 6) is -2.81. The fourth-order valence-corrected chi connectivity index (χ4v) is 5.18. The van der Waals surface area contributed by atoms with Crippen LogP contribution in [0.25, 0.3) is 0 Å². The zero-order valence-electron chi connectivity index (χ0n) is 19.6. The summed E-state index contributed by atoms with van der Waals surface area (Å²) in [5.41, 5.74) is 1.73. The van der Waals surface area contributed by atoms with E-state index in [1.165, 1.54) is 0 Å². The standard InChI is InChI=1S/C21H25BrN4O3S.C2HF3O2/c22-17-4-6-18(7-5-17)30(28,29)24-19-15-16(21(27)26-11-1-2-12-26)3-8-20(19)25-13-9-23-10-14-25;3-2(4,5)1(6)7/h3-8,15,23-24H,1-2,9-14H2;(H,6,7). The molecule has 202 valence electrons. The summed E-state index contributed by atoms with van der Waals surface area (Å²) in [7, 11) is -3.79. The van der Waals surface area contributed by atoms with Crippen molar-refractivity contribution in [3.8, 4) is 0 Å². The van der Waals surface area contributed by atoms with Crippen molar-refractivity contribution < 1.29 is 36.3 Å². The average molecular weight is 607 g/mol. The molecule has 0 unspecified atom stereocenters. The van der Waals surface area contributed by atoms with Crippen molar-refractivity contribution in [3.63, 3.8) is 0 Å². The lowest BCUT2D eigenvalue weighted by molar-refractivity contribution is -0.192. The first-order chi connectivity index (χ1) is 17.4. The number of rotatable bonds is 5. The van der Waals surface area contributed by atoms with Gasteiger partial charge in [-0.25, -0.2) is 13.2 Å².